The maximum Gasteiger partial charge on any atom is 0.257 e. The molecule has 28 heavy (non-hydrogen) atoms. The minimum absolute atomic E-state index is 0.0318. The van der Waals surface area contributed by atoms with Gasteiger partial charge in [0.25, 0.3) is 5.69 Å². The summed E-state index contributed by atoms with van der Waals surface area (Å²) in [6.07, 6.45) is 0.909. The summed E-state index contributed by atoms with van der Waals surface area (Å²) >= 11 is 0. The summed E-state index contributed by atoms with van der Waals surface area (Å²) in [5, 5.41) is 0. The molecule has 5 heteroatoms. The van der Waals surface area contributed by atoms with Crippen molar-refractivity contribution in [3.63, 3.8) is 0 Å². The zero-order valence-corrected chi connectivity index (χ0v) is 15.4. The number of benzene rings is 3. The van der Waals surface area contributed by atoms with E-state index in [4.69, 9.17) is 16.0 Å². The Kier molecular flexibility index (Phi) is 6.23. The molecular formula is C23H19F2NO2. The molecule has 0 spiro atoms. The molecule has 0 heterocycles. The zero-order valence-electron chi connectivity index (χ0n) is 15.4. The third kappa shape index (κ3) is 4.86. The van der Waals surface area contributed by atoms with Gasteiger partial charge in [0, 0.05) is 12.1 Å². The van der Waals surface area contributed by atoms with E-state index in [2.05, 4.69) is 23.9 Å². The van der Waals surface area contributed by atoms with Crippen molar-refractivity contribution in [2.75, 3.05) is 6.79 Å². The van der Waals surface area contributed by atoms with Crippen LogP contribution in [0.5, 0.6) is 11.5 Å². The van der Waals surface area contributed by atoms with Crippen LogP contribution in [0.4, 0.5) is 14.5 Å². The molecule has 0 radical (unpaired) electrons. The molecule has 1 atom stereocenters. The summed E-state index contributed by atoms with van der Waals surface area (Å²) in [6, 6.07) is 19.9. The largest absolute Gasteiger partial charge is 0.458 e. The molecule has 0 aliphatic heterocycles. The highest BCUT2D eigenvalue weighted by Gasteiger charge is 2.12. The van der Waals surface area contributed by atoms with E-state index < -0.39 is 17.3 Å². The molecule has 0 aromatic heterocycles. The summed E-state index contributed by atoms with van der Waals surface area (Å²) in [7, 11) is 0. The van der Waals surface area contributed by atoms with Crippen LogP contribution < -0.4 is 9.47 Å². The second-order valence-corrected chi connectivity index (χ2v) is 6.41. The lowest BCUT2D eigenvalue weighted by molar-refractivity contribution is 0.119. The summed E-state index contributed by atoms with van der Waals surface area (Å²) < 4.78 is 37.8. The van der Waals surface area contributed by atoms with E-state index in [0.717, 1.165) is 18.6 Å². The predicted octanol–water partition coefficient (Wildman–Crippen LogP) is 6.28. The Morgan fingerprint density at radius 3 is 2.11 bits per heavy atom. The average Bonchev–Trinajstić information content (AvgIpc) is 2.70. The molecule has 3 aromatic carbocycles. The molecule has 0 saturated heterocycles. The van der Waals surface area contributed by atoms with E-state index in [1.807, 2.05) is 42.5 Å². The third-order valence-electron chi connectivity index (χ3n) is 4.39. The molecule has 0 N–H and O–H groups in total. The van der Waals surface area contributed by atoms with E-state index in [9.17, 15) is 8.78 Å². The van der Waals surface area contributed by atoms with Crippen molar-refractivity contribution in [1.29, 1.82) is 0 Å². The highest BCUT2D eigenvalue weighted by molar-refractivity contribution is 5.50. The van der Waals surface area contributed by atoms with Gasteiger partial charge in [0.2, 0.25) is 6.79 Å². The fraction of sp³-hybridized carbons (Fsp3) is 0.174. The summed E-state index contributed by atoms with van der Waals surface area (Å²) in [5.74, 6) is -0.950. The fourth-order valence-electron chi connectivity index (χ4n) is 2.87. The SMILES string of the molecule is [C-]#[N+]c1c(F)cc(OCOc2ccc(CC(C)c3ccccc3)cc2)cc1F. The lowest BCUT2D eigenvalue weighted by atomic mass is 9.94. The Balaban J connectivity index is 1.53. The van der Waals surface area contributed by atoms with Crippen LogP contribution in [0.15, 0.2) is 66.7 Å². The molecule has 0 bridgehead atoms. The van der Waals surface area contributed by atoms with E-state index in [0.29, 0.717) is 11.7 Å². The third-order valence-corrected chi connectivity index (χ3v) is 4.39. The van der Waals surface area contributed by atoms with E-state index in [1.165, 1.54) is 11.1 Å². The maximum absolute atomic E-state index is 13.6. The maximum atomic E-state index is 13.6. The molecular weight excluding hydrogens is 360 g/mol. The van der Waals surface area contributed by atoms with Crippen LogP contribution in [0.1, 0.15) is 24.0 Å². The van der Waals surface area contributed by atoms with Gasteiger partial charge in [-0.3, -0.25) is 0 Å². The van der Waals surface area contributed by atoms with Crippen molar-refractivity contribution in [1.82, 2.24) is 0 Å². The lowest BCUT2D eigenvalue weighted by Gasteiger charge is -2.13. The first-order valence-corrected chi connectivity index (χ1v) is 8.83. The van der Waals surface area contributed by atoms with E-state index >= 15 is 0 Å². The van der Waals surface area contributed by atoms with Crippen LogP contribution in [0.2, 0.25) is 0 Å². The van der Waals surface area contributed by atoms with Gasteiger partial charge >= 0.3 is 0 Å². The van der Waals surface area contributed by atoms with Crippen molar-refractivity contribution in [2.45, 2.75) is 19.3 Å². The second kappa shape index (κ2) is 9.01. The summed E-state index contributed by atoms with van der Waals surface area (Å²) in [4.78, 5) is 2.80. The summed E-state index contributed by atoms with van der Waals surface area (Å²) in [5.41, 5.74) is 1.83. The van der Waals surface area contributed by atoms with E-state index in [1.54, 1.807) is 0 Å². The molecule has 0 fully saturated rings. The van der Waals surface area contributed by atoms with Crippen LogP contribution >= 0.6 is 0 Å². The van der Waals surface area contributed by atoms with Crippen LogP contribution in [0.25, 0.3) is 4.85 Å². The molecule has 3 aromatic rings. The Bertz CT molecular complexity index is 943. The first-order valence-electron chi connectivity index (χ1n) is 8.83. The molecule has 142 valence electrons. The standard InChI is InChI=1S/C23H19F2NO2/c1-16(18-6-4-3-5-7-18)12-17-8-10-19(11-9-17)27-15-28-20-13-21(24)23(26-2)22(25)14-20/h3-11,13-14,16H,12,15H2,1H3. The number of ether oxygens (including phenoxy) is 2. The average molecular weight is 379 g/mol. The predicted molar refractivity (Wildman–Crippen MR) is 104 cm³/mol. The van der Waals surface area contributed by atoms with Crippen LogP contribution in [0.3, 0.4) is 0 Å². The molecule has 1 unspecified atom stereocenters. The van der Waals surface area contributed by atoms with Crippen LogP contribution in [0, 0.1) is 18.2 Å². The van der Waals surface area contributed by atoms with Crippen LogP contribution in [-0.2, 0) is 6.42 Å². The minimum Gasteiger partial charge on any atom is -0.458 e. The highest BCUT2D eigenvalue weighted by atomic mass is 19.1. The molecule has 3 rings (SSSR count). The Hall–Kier alpha value is -3.39. The van der Waals surface area contributed by atoms with Gasteiger partial charge in [0.1, 0.15) is 23.1 Å². The number of rotatable bonds is 7. The van der Waals surface area contributed by atoms with Crippen LogP contribution in [-0.4, -0.2) is 6.79 Å². The minimum atomic E-state index is -0.957. The van der Waals surface area contributed by atoms with Gasteiger partial charge in [0.15, 0.2) is 0 Å². The zero-order chi connectivity index (χ0) is 19.9. The normalized spacial score (nSPS) is 11.5. The lowest BCUT2D eigenvalue weighted by Crippen LogP contribution is -2.06. The topological polar surface area (TPSA) is 22.8 Å². The van der Waals surface area contributed by atoms with Gasteiger partial charge in [-0.05, 0) is 35.6 Å². The molecule has 0 amide bonds. The number of halogens is 2. The Morgan fingerprint density at radius 2 is 1.50 bits per heavy atom. The van der Waals surface area contributed by atoms with Gasteiger partial charge in [-0.25, -0.2) is 13.6 Å². The Labute approximate surface area is 163 Å². The highest BCUT2D eigenvalue weighted by Crippen LogP contribution is 2.27. The van der Waals surface area contributed by atoms with Gasteiger partial charge in [-0.15, -0.1) is 0 Å². The second-order valence-electron chi connectivity index (χ2n) is 6.41. The molecule has 0 aliphatic rings. The summed E-state index contributed by atoms with van der Waals surface area (Å²) in [6.45, 7) is 8.72. The smallest absolute Gasteiger partial charge is 0.257 e. The molecule has 3 nitrogen and oxygen atoms in total. The van der Waals surface area contributed by atoms with Crippen molar-refractivity contribution in [3.8, 4) is 11.5 Å². The number of nitrogens with zero attached hydrogens (tertiary/aromatic N) is 1. The van der Waals surface area contributed by atoms with Crippen molar-refractivity contribution in [2.24, 2.45) is 0 Å². The fourth-order valence-corrected chi connectivity index (χ4v) is 2.87. The molecule has 0 aliphatic carbocycles. The van der Waals surface area contributed by atoms with E-state index in [-0.39, 0.29) is 12.5 Å². The van der Waals surface area contributed by atoms with Gasteiger partial charge in [-0.2, -0.15) is 0 Å². The first kappa shape index (κ1) is 19.4. The monoisotopic (exact) mass is 379 g/mol. The van der Waals surface area contributed by atoms with Crippen molar-refractivity contribution >= 4 is 5.69 Å². The van der Waals surface area contributed by atoms with Gasteiger partial charge < -0.3 is 9.47 Å². The first-order chi connectivity index (χ1) is 13.6. The Morgan fingerprint density at radius 1 is 0.893 bits per heavy atom. The van der Waals surface area contributed by atoms with Crippen molar-refractivity contribution < 1.29 is 18.3 Å². The van der Waals surface area contributed by atoms with Gasteiger partial charge in [-0.1, -0.05) is 49.4 Å². The van der Waals surface area contributed by atoms with Crippen molar-refractivity contribution in [3.05, 3.63) is 101 Å². The molecule has 0 saturated carbocycles. The van der Waals surface area contributed by atoms with Gasteiger partial charge in [0.05, 0.1) is 6.57 Å². The number of hydrogen-bond donors (Lipinski definition) is 0. The quantitative estimate of drug-likeness (QED) is 0.356. The number of hydrogen-bond acceptors (Lipinski definition) is 2.